The summed E-state index contributed by atoms with van der Waals surface area (Å²) in [6.45, 7) is 12.3. The molecule has 1 unspecified atom stereocenters. The van der Waals surface area contributed by atoms with E-state index in [1.807, 2.05) is 0 Å². The zero-order valence-electron chi connectivity index (χ0n) is 13.4. The van der Waals surface area contributed by atoms with Gasteiger partial charge in [-0.3, -0.25) is 0 Å². The van der Waals surface area contributed by atoms with Gasteiger partial charge in [0.1, 0.15) is 0 Å². The van der Waals surface area contributed by atoms with E-state index in [4.69, 9.17) is 0 Å². The smallest absolute Gasteiger partial charge is 0.0415 e. The molecule has 3 heteroatoms. The molecule has 20 heavy (non-hydrogen) atoms. The van der Waals surface area contributed by atoms with Crippen molar-refractivity contribution in [2.75, 3.05) is 24.5 Å². The molecule has 0 fully saturated rings. The van der Waals surface area contributed by atoms with Crippen molar-refractivity contribution in [3.05, 3.63) is 28.2 Å². The van der Waals surface area contributed by atoms with Gasteiger partial charge in [-0.15, -0.1) is 0 Å². The van der Waals surface area contributed by atoms with Crippen molar-refractivity contribution in [1.82, 2.24) is 5.32 Å². The van der Waals surface area contributed by atoms with Crippen molar-refractivity contribution in [2.45, 2.75) is 53.0 Å². The monoisotopic (exact) mass is 340 g/mol. The number of nitrogens with zero attached hydrogens (tertiary/aromatic N) is 1. The van der Waals surface area contributed by atoms with Crippen molar-refractivity contribution >= 4 is 21.6 Å². The van der Waals surface area contributed by atoms with Crippen LogP contribution in [0.3, 0.4) is 0 Å². The van der Waals surface area contributed by atoms with E-state index < -0.39 is 0 Å². The highest BCUT2D eigenvalue weighted by Gasteiger charge is 2.15. The average Bonchev–Trinajstić information content (AvgIpc) is 2.44. The summed E-state index contributed by atoms with van der Waals surface area (Å²) in [6, 6.07) is 7.07. The molecule has 0 aliphatic rings. The minimum Gasteiger partial charge on any atom is -0.371 e. The standard InChI is InChI=1S/C17H29BrN2/c1-5-10-19-14(4)16-13-15(18)8-9-17(16)20(11-6-2)12-7-3/h8-9,13-14,19H,5-7,10-12H2,1-4H3. The molecular weight excluding hydrogens is 312 g/mol. The third-order valence-electron chi connectivity index (χ3n) is 3.48. The minimum atomic E-state index is 0.388. The Kier molecular flexibility index (Phi) is 8.24. The summed E-state index contributed by atoms with van der Waals surface area (Å²) in [7, 11) is 0. The fourth-order valence-corrected chi connectivity index (χ4v) is 2.90. The van der Waals surface area contributed by atoms with Crippen molar-refractivity contribution in [3.8, 4) is 0 Å². The van der Waals surface area contributed by atoms with E-state index in [1.54, 1.807) is 0 Å². The molecule has 1 atom stereocenters. The molecule has 0 bridgehead atoms. The Bertz CT molecular complexity index is 387. The fraction of sp³-hybridized carbons (Fsp3) is 0.647. The van der Waals surface area contributed by atoms with E-state index >= 15 is 0 Å². The van der Waals surface area contributed by atoms with Crippen LogP contribution in [-0.4, -0.2) is 19.6 Å². The van der Waals surface area contributed by atoms with Crippen LogP contribution in [0.2, 0.25) is 0 Å². The molecule has 1 aromatic rings. The van der Waals surface area contributed by atoms with E-state index in [9.17, 15) is 0 Å². The second kappa shape index (κ2) is 9.41. The van der Waals surface area contributed by atoms with Gasteiger partial charge in [0.15, 0.2) is 0 Å². The molecule has 0 saturated carbocycles. The summed E-state index contributed by atoms with van der Waals surface area (Å²) in [5.41, 5.74) is 2.78. The van der Waals surface area contributed by atoms with Gasteiger partial charge in [-0.05, 0) is 56.5 Å². The first-order chi connectivity index (χ1) is 9.63. The number of anilines is 1. The highest BCUT2D eigenvalue weighted by atomic mass is 79.9. The molecule has 0 spiro atoms. The molecule has 0 aromatic heterocycles. The summed E-state index contributed by atoms with van der Waals surface area (Å²) >= 11 is 3.61. The first-order valence-corrected chi connectivity index (χ1v) is 8.71. The highest BCUT2D eigenvalue weighted by molar-refractivity contribution is 9.10. The average molecular weight is 341 g/mol. The van der Waals surface area contributed by atoms with Gasteiger partial charge < -0.3 is 10.2 Å². The molecule has 2 nitrogen and oxygen atoms in total. The van der Waals surface area contributed by atoms with E-state index in [2.05, 4.69) is 72.0 Å². The van der Waals surface area contributed by atoms with Gasteiger partial charge in [-0.25, -0.2) is 0 Å². The maximum Gasteiger partial charge on any atom is 0.0415 e. The van der Waals surface area contributed by atoms with Crippen molar-refractivity contribution in [2.24, 2.45) is 0 Å². The Labute approximate surface area is 133 Å². The predicted octanol–water partition coefficient (Wildman–Crippen LogP) is 5.14. The highest BCUT2D eigenvalue weighted by Crippen LogP contribution is 2.30. The number of hydrogen-bond acceptors (Lipinski definition) is 2. The zero-order chi connectivity index (χ0) is 15.0. The van der Waals surface area contributed by atoms with Gasteiger partial charge in [0.05, 0.1) is 0 Å². The summed E-state index contributed by atoms with van der Waals surface area (Å²) < 4.78 is 1.16. The quantitative estimate of drug-likeness (QED) is 0.669. The lowest BCUT2D eigenvalue weighted by molar-refractivity contribution is 0.568. The number of halogens is 1. The van der Waals surface area contributed by atoms with Crippen molar-refractivity contribution in [1.29, 1.82) is 0 Å². The number of nitrogens with one attached hydrogen (secondary N) is 1. The van der Waals surface area contributed by atoms with Crippen LogP contribution in [0.25, 0.3) is 0 Å². The first-order valence-electron chi connectivity index (χ1n) is 7.91. The Balaban J connectivity index is 3.03. The largest absolute Gasteiger partial charge is 0.371 e. The Morgan fingerprint density at radius 2 is 1.75 bits per heavy atom. The molecule has 0 amide bonds. The maximum atomic E-state index is 3.61. The van der Waals surface area contributed by atoms with E-state index in [-0.39, 0.29) is 0 Å². The lowest BCUT2D eigenvalue weighted by Crippen LogP contribution is -2.28. The molecule has 0 heterocycles. The Morgan fingerprint density at radius 1 is 1.10 bits per heavy atom. The van der Waals surface area contributed by atoms with E-state index in [0.29, 0.717) is 6.04 Å². The van der Waals surface area contributed by atoms with Crippen LogP contribution in [0.15, 0.2) is 22.7 Å². The first kappa shape index (κ1) is 17.5. The van der Waals surface area contributed by atoms with Crippen LogP contribution in [0, 0.1) is 0 Å². The number of hydrogen-bond donors (Lipinski definition) is 1. The lowest BCUT2D eigenvalue weighted by Gasteiger charge is -2.29. The van der Waals surface area contributed by atoms with Crippen LogP contribution >= 0.6 is 15.9 Å². The van der Waals surface area contributed by atoms with Gasteiger partial charge in [0.2, 0.25) is 0 Å². The predicted molar refractivity (Wildman–Crippen MR) is 93.6 cm³/mol. The molecule has 1 N–H and O–H groups in total. The molecule has 1 rings (SSSR count). The van der Waals surface area contributed by atoms with Crippen LogP contribution in [0.4, 0.5) is 5.69 Å². The van der Waals surface area contributed by atoms with Gasteiger partial charge in [0.25, 0.3) is 0 Å². The zero-order valence-corrected chi connectivity index (χ0v) is 15.0. The SMILES string of the molecule is CCCNC(C)c1cc(Br)ccc1N(CCC)CCC. The van der Waals surface area contributed by atoms with Crippen LogP contribution < -0.4 is 10.2 Å². The summed E-state index contributed by atoms with van der Waals surface area (Å²) in [4.78, 5) is 2.52. The van der Waals surface area contributed by atoms with Crippen molar-refractivity contribution < 1.29 is 0 Å². The van der Waals surface area contributed by atoms with Gasteiger partial charge in [-0.1, -0.05) is 36.7 Å². The summed E-state index contributed by atoms with van der Waals surface area (Å²) in [5, 5.41) is 3.61. The fourth-order valence-electron chi connectivity index (χ4n) is 2.52. The topological polar surface area (TPSA) is 15.3 Å². The van der Waals surface area contributed by atoms with Crippen LogP contribution in [-0.2, 0) is 0 Å². The molecule has 0 aliphatic heterocycles. The summed E-state index contributed by atoms with van der Waals surface area (Å²) in [5.74, 6) is 0. The normalized spacial score (nSPS) is 12.4. The van der Waals surface area contributed by atoms with Crippen LogP contribution in [0.1, 0.15) is 58.6 Å². The molecule has 0 saturated heterocycles. The molecule has 0 radical (unpaired) electrons. The van der Waals surface area contributed by atoms with E-state index in [0.717, 1.165) is 24.1 Å². The van der Waals surface area contributed by atoms with Crippen molar-refractivity contribution in [3.63, 3.8) is 0 Å². The van der Waals surface area contributed by atoms with Gasteiger partial charge in [0, 0.05) is 29.3 Å². The minimum absolute atomic E-state index is 0.388. The molecule has 0 aliphatic carbocycles. The second-order valence-electron chi connectivity index (χ2n) is 5.37. The van der Waals surface area contributed by atoms with Gasteiger partial charge in [-0.2, -0.15) is 0 Å². The second-order valence-corrected chi connectivity index (χ2v) is 6.28. The third-order valence-corrected chi connectivity index (χ3v) is 3.98. The molecule has 1 aromatic carbocycles. The molecule has 114 valence electrons. The third kappa shape index (κ3) is 5.10. The lowest BCUT2D eigenvalue weighted by atomic mass is 10.0. The number of benzene rings is 1. The summed E-state index contributed by atoms with van der Waals surface area (Å²) in [6.07, 6.45) is 3.54. The Morgan fingerprint density at radius 3 is 2.30 bits per heavy atom. The van der Waals surface area contributed by atoms with Crippen LogP contribution in [0.5, 0.6) is 0 Å². The maximum absolute atomic E-state index is 3.61. The number of rotatable bonds is 9. The molecular formula is C17H29BrN2. The Hall–Kier alpha value is -0.540. The van der Waals surface area contributed by atoms with E-state index in [1.165, 1.54) is 30.5 Å². The van der Waals surface area contributed by atoms with Gasteiger partial charge >= 0.3 is 0 Å².